The standard InChI is InChI=1S/C14H19N/c1-4-5-6-11-15-13(3)14-9-7-12(2)8-10-14/h7-10,13,15H,6,11H2,1-3H3. The molecule has 0 aliphatic rings. The molecule has 0 radical (unpaired) electrons. The van der Waals surface area contributed by atoms with E-state index in [4.69, 9.17) is 0 Å². The summed E-state index contributed by atoms with van der Waals surface area (Å²) < 4.78 is 0. The summed E-state index contributed by atoms with van der Waals surface area (Å²) in [4.78, 5) is 0. The molecule has 1 N–H and O–H groups in total. The summed E-state index contributed by atoms with van der Waals surface area (Å²) in [6.45, 7) is 7.13. The molecular formula is C14H19N. The van der Waals surface area contributed by atoms with Crippen LogP contribution < -0.4 is 5.32 Å². The minimum atomic E-state index is 0.407. The van der Waals surface area contributed by atoms with E-state index in [1.807, 2.05) is 6.92 Å². The molecule has 15 heavy (non-hydrogen) atoms. The molecular weight excluding hydrogens is 182 g/mol. The lowest BCUT2D eigenvalue weighted by molar-refractivity contribution is 0.584. The zero-order chi connectivity index (χ0) is 11.1. The average Bonchev–Trinajstić information content (AvgIpc) is 2.25. The summed E-state index contributed by atoms with van der Waals surface area (Å²) in [6, 6.07) is 9.07. The van der Waals surface area contributed by atoms with Crippen LogP contribution in [0.25, 0.3) is 0 Å². The molecule has 0 saturated carbocycles. The minimum Gasteiger partial charge on any atom is -0.309 e. The molecule has 0 aromatic heterocycles. The Balaban J connectivity index is 2.41. The highest BCUT2D eigenvalue weighted by Crippen LogP contribution is 2.12. The summed E-state index contributed by atoms with van der Waals surface area (Å²) in [6.07, 6.45) is 0.923. The molecule has 0 saturated heterocycles. The van der Waals surface area contributed by atoms with Crippen LogP contribution in [0.4, 0.5) is 0 Å². The van der Waals surface area contributed by atoms with E-state index >= 15 is 0 Å². The van der Waals surface area contributed by atoms with Gasteiger partial charge in [-0.25, -0.2) is 0 Å². The lowest BCUT2D eigenvalue weighted by Crippen LogP contribution is -2.19. The van der Waals surface area contributed by atoms with Crippen molar-refractivity contribution in [2.24, 2.45) is 0 Å². The van der Waals surface area contributed by atoms with E-state index in [0.29, 0.717) is 6.04 Å². The van der Waals surface area contributed by atoms with Crippen LogP contribution >= 0.6 is 0 Å². The molecule has 1 unspecified atom stereocenters. The largest absolute Gasteiger partial charge is 0.309 e. The van der Waals surface area contributed by atoms with Crippen LogP contribution in [0.2, 0.25) is 0 Å². The number of rotatable bonds is 4. The maximum absolute atomic E-state index is 3.45. The lowest BCUT2D eigenvalue weighted by Gasteiger charge is -2.13. The number of hydrogen-bond donors (Lipinski definition) is 1. The van der Waals surface area contributed by atoms with Gasteiger partial charge in [0.2, 0.25) is 0 Å². The number of nitrogens with one attached hydrogen (secondary N) is 1. The topological polar surface area (TPSA) is 12.0 Å². The minimum absolute atomic E-state index is 0.407. The van der Waals surface area contributed by atoms with Crippen LogP contribution in [0.3, 0.4) is 0 Å². The molecule has 1 atom stereocenters. The molecule has 1 nitrogen and oxygen atoms in total. The monoisotopic (exact) mass is 201 g/mol. The van der Waals surface area contributed by atoms with Gasteiger partial charge in [-0.15, -0.1) is 11.8 Å². The number of hydrogen-bond acceptors (Lipinski definition) is 1. The van der Waals surface area contributed by atoms with Crippen molar-refractivity contribution < 1.29 is 0 Å². The molecule has 0 aliphatic heterocycles. The van der Waals surface area contributed by atoms with Gasteiger partial charge in [0.1, 0.15) is 0 Å². The molecule has 0 amide bonds. The molecule has 1 aromatic rings. The van der Waals surface area contributed by atoms with Gasteiger partial charge in [0.05, 0.1) is 0 Å². The third-order valence-electron chi connectivity index (χ3n) is 2.45. The van der Waals surface area contributed by atoms with Crippen LogP contribution in [0.1, 0.15) is 37.4 Å². The zero-order valence-electron chi connectivity index (χ0n) is 9.80. The highest BCUT2D eigenvalue weighted by molar-refractivity contribution is 5.23. The molecule has 80 valence electrons. The summed E-state index contributed by atoms with van der Waals surface area (Å²) in [7, 11) is 0. The Kier molecular flexibility index (Phi) is 4.93. The smallest absolute Gasteiger partial charge is 0.0292 e. The highest BCUT2D eigenvalue weighted by atomic mass is 14.9. The number of benzene rings is 1. The fourth-order valence-electron chi connectivity index (χ4n) is 1.45. The fourth-order valence-corrected chi connectivity index (χ4v) is 1.45. The van der Waals surface area contributed by atoms with E-state index in [1.54, 1.807) is 0 Å². The molecule has 1 rings (SSSR count). The second kappa shape index (κ2) is 6.27. The van der Waals surface area contributed by atoms with Gasteiger partial charge < -0.3 is 5.32 Å². The normalized spacial score (nSPS) is 11.7. The first kappa shape index (κ1) is 11.8. The van der Waals surface area contributed by atoms with Gasteiger partial charge in [0, 0.05) is 19.0 Å². The Bertz CT molecular complexity index is 340. The quantitative estimate of drug-likeness (QED) is 0.583. The van der Waals surface area contributed by atoms with E-state index < -0.39 is 0 Å². The van der Waals surface area contributed by atoms with Gasteiger partial charge in [-0.3, -0.25) is 0 Å². The van der Waals surface area contributed by atoms with E-state index in [1.165, 1.54) is 11.1 Å². The van der Waals surface area contributed by atoms with Crippen LogP contribution in [0.15, 0.2) is 24.3 Å². The predicted molar refractivity (Wildman–Crippen MR) is 65.7 cm³/mol. The summed E-state index contributed by atoms with van der Waals surface area (Å²) >= 11 is 0. The van der Waals surface area contributed by atoms with E-state index in [0.717, 1.165) is 13.0 Å². The molecule has 0 spiro atoms. The van der Waals surface area contributed by atoms with Crippen molar-refractivity contribution in [3.8, 4) is 11.8 Å². The van der Waals surface area contributed by atoms with E-state index in [2.05, 4.69) is 55.3 Å². The average molecular weight is 201 g/mol. The van der Waals surface area contributed by atoms with Crippen LogP contribution in [0, 0.1) is 18.8 Å². The van der Waals surface area contributed by atoms with E-state index in [9.17, 15) is 0 Å². The lowest BCUT2D eigenvalue weighted by atomic mass is 10.1. The van der Waals surface area contributed by atoms with Gasteiger partial charge >= 0.3 is 0 Å². The molecule has 1 aromatic carbocycles. The van der Waals surface area contributed by atoms with Crippen LogP contribution in [-0.2, 0) is 0 Å². The van der Waals surface area contributed by atoms with Crippen molar-refractivity contribution in [3.05, 3.63) is 35.4 Å². The van der Waals surface area contributed by atoms with Gasteiger partial charge in [0.25, 0.3) is 0 Å². The summed E-state index contributed by atoms with van der Waals surface area (Å²) in [5.41, 5.74) is 2.65. The van der Waals surface area contributed by atoms with Gasteiger partial charge in [-0.1, -0.05) is 29.8 Å². The highest BCUT2D eigenvalue weighted by Gasteiger charge is 2.02. The predicted octanol–water partition coefficient (Wildman–Crippen LogP) is 3.06. The molecule has 0 aliphatic carbocycles. The van der Waals surface area contributed by atoms with Crippen molar-refractivity contribution in [2.45, 2.75) is 33.2 Å². The fraction of sp³-hybridized carbons (Fsp3) is 0.429. The first-order valence-corrected chi connectivity index (χ1v) is 5.43. The van der Waals surface area contributed by atoms with Gasteiger partial charge in [0.15, 0.2) is 0 Å². The third kappa shape index (κ3) is 4.18. The van der Waals surface area contributed by atoms with Crippen LogP contribution in [0.5, 0.6) is 0 Å². The Morgan fingerprint density at radius 3 is 2.53 bits per heavy atom. The van der Waals surface area contributed by atoms with Crippen molar-refractivity contribution in [2.75, 3.05) is 6.54 Å². The molecule has 0 fully saturated rings. The third-order valence-corrected chi connectivity index (χ3v) is 2.45. The zero-order valence-corrected chi connectivity index (χ0v) is 9.80. The van der Waals surface area contributed by atoms with Gasteiger partial charge in [-0.2, -0.15) is 0 Å². The van der Waals surface area contributed by atoms with Gasteiger partial charge in [-0.05, 0) is 26.3 Å². The summed E-state index contributed by atoms with van der Waals surface area (Å²) in [5, 5.41) is 3.45. The molecule has 0 heterocycles. The first-order valence-electron chi connectivity index (χ1n) is 5.43. The Hall–Kier alpha value is -1.26. The van der Waals surface area contributed by atoms with Crippen molar-refractivity contribution in [1.82, 2.24) is 5.32 Å². The molecule has 1 heteroatoms. The summed E-state index contributed by atoms with van der Waals surface area (Å²) in [5.74, 6) is 5.95. The first-order chi connectivity index (χ1) is 7.24. The Morgan fingerprint density at radius 2 is 1.93 bits per heavy atom. The van der Waals surface area contributed by atoms with Crippen molar-refractivity contribution >= 4 is 0 Å². The Labute approximate surface area is 92.9 Å². The number of aryl methyl sites for hydroxylation is 1. The maximum atomic E-state index is 3.45. The second-order valence-corrected chi connectivity index (χ2v) is 3.76. The molecule has 0 bridgehead atoms. The van der Waals surface area contributed by atoms with E-state index in [-0.39, 0.29) is 0 Å². The van der Waals surface area contributed by atoms with Crippen LogP contribution in [-0.4, -0.2) is 6.54 Å². The SMILES string of the molecule is CC#CCCNC(C)c1ccc(C)cc1. The maximum Gasteiger partial charge on any atom is 0.0292 e. The second-order valence-electron chi connectivity index (χ2n) is 3.76. The Morgan fingerprint density at radius 1 is 1.27 bits per heavy atom. The van der Waals surface area contributed by atoms with Crippen molar-refractivity contribution in [1.29, 1.82) is 0 Å². The van der Waals surface area contributed by atoms with Crippen molar-refractivity contribution in [3.63, 3.8) is 0 Å².